The number of amides is 2. The first kappa shape index (κ1) is 20.9. The number of nitrogens with zero attached hydrogens (tertiary/aromatic N) is 2. The van der Waals surface area contributed by atoms with Gasteiger partial charge in [0.25, 0.3) is 0 Å². The molecule has 5 heteroatoms. The van der Waals surface area contributed by atoms with E-state index in [1.54, 1.807) is 0 Å². The molecular weight excluding hydrogens is 362 g/mol. The molecule has 3 rings (SSSR count). The van der Waals surface area contributed by atoms with Crippen LogP contribution in [0.25, 0.3) is 0 Å². The van der Waals surface area contributed by atoms with Gasteiger partial charge in [-0.3, -0.25) is 9.59 Å². The van der Waals surface area contributed by atoms with Crippen molar-refractivity contribution in [1.82, 2.24) is 4.90 Å². The summed E-state index contributed by atoms with van der Waals surface area (Å²) in [7, 11) is 3.99. The number of carbonyl (C=O) groups is 2. The van der Waals surface area contributed by atoms with Gasteiger partial charge in [0, 0.05) is 50.9 Å². The van der Waals surface area contributed by atoms with E-state index in [0.717, 1.165) is 41.8 Å². The van der Waals surface area contributed by atoms with E-state index in [2.05, 4.69) is 5.32 Å². The molecule has 1 aliphatic rings. The summed E-state index contributed by atoms with van der Waals surface area (Å²) >= 11 is 0. The smallest absolute Gasteiger partial charge is 0.227 e. The van der Waals surface area contributed by atoms with E-state index in [1.807, 2.05) is 79.3 Å². The summed E-state index contributed by atoms with van der Waals surface area (Å²) in [6, 6.07) is 16.0. The lowest BCUT2D eigenvalue weighted by molar-refractivity contribution is -0.132. The molecule has 0 unspecified atom stereocenters. The van der Waals surface area contributed by atoms with Gasteiger partial charge in [0.2, 0.25) is 11.8 Å². The fourth-order valence-corrected chi connectivity index (χ4v) is 3.61. The van der Waals surface area contributed by atoms with Crippen molar-refractivity contribution >= 4 is 23.2 Å². The van der Waals surface area contributed by atoms with E-state index in [1.165, 1.54) is 0 Å². The Hall–Kier alpha value is -2.82. The lowest BCUT2D eigenvalue weighted by Gasteiger charge is -2.27. The average molecular weight is 394 g/mol. The van der Waals surface area contributed by atoms with Crippen molar-refractivity contribution in [2.75, 3.05) is 24.3 Å². The standard InChI is InChI=1S/C24H31N3O2/c1-4-23(28)27(16-18-9-6-5-7-10-18)17-20-15-21(13-14-22(20)26(2)3)25-24(29)19-11-8-12-19/h5-7,9-10,13-15,19H,4,8,11-12,16-17H2,1-3H3,(H,25,29). The van der Waals surface area contributed by atoms with Crippen LogP contribution in [0.5, 0.6) is 0 Å². The lowest BCUT2D eigenvalue weighted by atomic mass is 9.85. The first-order chi connectivity index (χ1) is 14.0. The van der Waals surface area contributed by atoms with Gasteiger partial charge in [-0.25, -0.2) is 0 Å². The van der Waals surface area contributed by atoms with Crippen LogP contribution in [-0.4, -0.2) is 30.8 Å². The van der Waals surface area contributed by atoms with E-state index in [4.69, 9.17) is 0 Å². The normalized spacial score (nSPS) is 13.5. The van der Waals surface area contributed by atoms with Crippen LogP contribution in [0.3, 0.4) is 0 Å². The summed E-state index contributed by atoms with van der Waals surface area (Å²) in [5.41, 5.74) is 3.98. The van der Waals surface area contributed by atoms with Gasteiger partial charge in [-0.1, -0.05) is 43.7 Å². The lowest BCUT2D eigenvalue weighted by Crippen LogP contribution is -2.30. The maximum Gasteiger partial charge on any atom is 0.227 e. The van der Waals surface area contributed by atoms with E-state index in [-0.39, 0.29) is 17.7 Å². The quantitative estimate of drug-likeness (QED) is 0.722. The Morgan fingerprint density at radius 1 is 1.03 bits per heavy atom. The molecule has 1 aliphatic carbocycles. The summed E-state index contributed by atoms with van der Waals surface area (Å²) in [5, 5.41) is 3.06. The fourth-order valence-electron chi connectivity index (χ4n) is 3.61. The topological polar surface area (TPSA) is 52.7 Å². The molecule has 0 aromatic heterocycles. The molecule has 0 aliphatic heterocycles. The minimum Gasteiger partial charge on any atom is -0.377 e. The van der Waals surface area contributed by atoms with Gasteiger partial charge in [-0.2, -0.15) is 0 Å². The third kappa shape index (κ3) is 5.37. The molecular formula is C24H31N3O2. The van der Waals surface area contributed by atoms with Crippen LogP contribution < -0.4 is 10.2 Å². The highest BCUT2D eigenvalue weighted by Gasteiger charge is 2.25. The number of rotatable bonds is 8. The van der Waals surface area contributed by atoms with Gasteiger partial charge in [0.1, 0.15) is 0 Å². The molecule has 29 heavy (non-hydrogen) atoms. The van der Waals surface area contributed by atoms with Crippen molar-refractivity contribution in [1.29, 1.82) is 0 Å². The number of hydrogen-bond donors (Lipinski definition) is 1. The summed E-state index contributed by atoms with van der Waals surface area (Å²) < 4.78 is 0. The zero-order chi connectivity index (χ0) is 20.8. The van der Waals surface area contributed by atoms with E-state index < -0.39 is 0 Å². The zero-order valence-electron chi connectivity index (χ0n) is 17.6. The third-order valence-corrected chi connectivity index (χ3v) is 5.54. The van der Waals surface area contributed by atoms with Crippen molar-refractivity contribution in [3.05, 3.63) is 59.7 Å². The molecule has 154 valence electrons. The van der Waals surface area contributed by atoms with Crippen LogP contribution in [0.4, 0.5) is 11.4 Å². The van der Waals surface area contributed by atoms with Gasteiger partial charge in [0.15, 0.2) is 0 Å². The molecule has 5 nitrogen and oxygen atoms in total. The van der Waals surface area contributed by atoms with Crippen molar-refractivity contribution in [3.63, 3.8) is 0 Å². The van der Waals surface area contributed by atoms with Crippen LogP contribution >= 0.6 is 0 Å². The molecule has 0 spiro atoms. The third-order valence-electron chi connectivity index (χ3n) is 5.54. The Morgan fingerprint density at radius 2 is 1.76 bits per heavy atom. The van der Waals surface area contributed by atoms with Crippen LogP contribution in [-0.2, 0) is 22.7 Å². The highest BCUT2D eigenvalue weighted by Crippen LogP contribution is 2.29. The Kier molecular flexibility index (Phi) is 6.91. The molecule has 2 aromatic rings. The van der Waals surface area contributed by atoms with Gasteiger partial charge in [0.05, 0.1) is 0 Å². The number of benzene rings is 2. The molecule has 0 heterocycles. The van der Waals surface area contributed by atoms with Crippen molar-refractivity contribution < 1.29 is 9.59 Å². The molecule has 0 radical (unpaired) electrons. The summed E-state index contributed by atoms with van der Waals surface area (Å²) in [6.07, 6.45) is 3.55. The SMILES string of the molecule is CCC(=O)N(Cc1ccccc1)Cc1cc(NC(=O)C2CCC2)ccc1N(C)C. The average Bonchev–Trinajstić information content (AvgIpc) is 2.66. The van der Waals surface area contributed by atoms with Crippen LogP contribution in [0, 0.1) is 5.92 Å². The molecule has 1 saturated carbocycles. The molecule has 1 fully saturated rings. The van der Waals surface area contributed by atoms with Crippen molar-refractivity contribution in [3.8, 4) is 0 Å². The summed E-state index contributed by atoms with van der Waals surface area (Å²) in [5.74, 6) is 0.358. The number of nitrogens with one attached hydrogen (secondary N) is 1. The van der Waals surface area contributed by atoms with Crippen LogP contribution in [0.1, 0.15) is 43.7 Å². The van der Waals surface area contributed by atoms with E-state index in [9.17, 15) is 9.59 Å². The van der Waals surface area contributed by atoms with Gasteiger partial charge in [-0.05, 0) is 42.2 Å². The number of anilines is 2. The maximum atomic E-state index is 12.6. The Labute approximate surface area is 173 Å². The summed E-state index contributed by atoms with van der Waals surface area (Å²) in [6.45, 7) is 2.96. The molecule has 2 aromatic carbocycles. The molecule has 0 bridgehead atoms. The monoisotopic (exact) mass is 393 g/mol. The first-order valence-corrected chi connectivity index (χ1v) is 10.4. The summed E-state index contributed by atoms with van der Waals surface area (Å²) in [4.78, 5) is 28.9. The van der Waals surface area contributed by atoms with E-state index >= 15 is 0 Å². The predicted molar refractivity (Wildman–Crippen MR) is 118 cm³/mol. The molecule has 2 amide bonds. The second kappa shape index (κ2) is 9.59. The second-order valence-electron chi connectivity index (χ2n) is 7.94. The minimum atomic E-state index is 0.102. The maximum absolute atomic E-state index is 12.6. The Morgan fingerprint density at radius 3 is 2.34 bits per heavy atom. The molecule has 1 N–H and O–H groups in total. The molecule has 0 atom stereocenters. The molecule has 0 saturated heterocycles. The van der Waals surface area contributed by atoms with Gasteiger partial charge < -0.3 is 15.1 Å². The number of carbonyl (C=O) groups excluding carboxylic acids is 2. The largest absolute Gasteiger partial charge is 0.377 e. The predicted octanol–water partition coefficient (Wildman–Crippen LogP) is 4.43. The highest BCUT2D eigenvalue weighted by atomic mass is 16.2. The first-order valence-electron chi connectivity index (χ1n) is 10.4. The Balaban J connectivity index is 1.83. The van der Waals surface area contributed by atoms with Crippen LogP contribution in [0.15, 0.2) is 48.5 Å². The fraction of sp³-hybridized carbons (Fsp3) is 0.417. The van der Waals surface area contributed by atoms with Gasteiger partial charge >= 0.3 is 0 Å². The second-order valence-corrected chi connectivity index (χ2v) is 7.94. The van der Waals surface area contributed by atoms with Crippen molar-refractivity contribution in [2.45, 2.75) is 45.7 Å². The Bertz CT molecular complexity index is 844. The zero-order valence-corrected chi connectivity index (χ0v) is 17.6. The highest BCUT2D eigenvalue weighted by molar-refractivity contribution is 5.93. The minimum absolute atomic E-state index is 0.102. The number of hydrogen-bond acceptors (Lipinski definition) is 3. The van der Waals surface area contributed by atoms with E-state index in [0.29, 0.717) is 19.5 Å². The van der Waals surface area contributed by atoms with Crippen molar-refractivity contribution in [2.24, 2.45) is 5.92 Å². The van der Waals surface area contributed by atoms with Gasteiger partial charge in [-0.15, -0.1) is 0 Å². The van der Waals surface area contributed by atoms with Crippen LogP contribution in [0.2, 0.25) is 0 Å².